The number of nitrogens with zero attached hydrogens (tertiary/aromatic N) is 4. The van der Waals surface area contributed by atoms with Crippen molar-refractivity contribution in [2.45, 2.75) is 12.7 Å². The quantitative estimate of drug-likeness (QED) is 0.689. The molecule has 2 aromatic carbocycles. The van der Waals surface area contributed by atoms with Crippen molar-refractivity contribution in [3.05, 3.63) is 58.1 Å². The number of halogens is 5. The van der Waals surface area contributed by atoms with Crippen molar-refractivity contribution in [3.8, 4) is 11.4 Å². The Balaban J connectivity index is 1.73. The molecule has 0 saturated heterocycles. The highest BCUT2D eigenvalue weighted by Crippen LogP contribution is 2.31. The van der Waals surface area contributed by atoms with E-state index in [1.807, 2.05) is 0 Å². The Morgan fingerprint density at radius 1 is 1.15 bits per heavy atom. The first-order chi connectivity index (χ1) is 12.7. The Morgan fingerprint density at radius 2 is 1.89 bits per heavy atom. The van der Waals surface area contributed by atoms with Gasteiger partial charge in [0.1, 0.15) is 6.54 Å². The second-order valence-electron chi connectivity index (χ2n) is 5.37. The molecule has 0 aliphatic rings. The number of tetrazole rings is 1. The van der Waals surface area contributed by atoms with Gasteiger partial charge in [-0.2, -0.15) is 18.0 Å². The average Bonchev–Trinajstić information content (AvgIpc) is 3.07. The van der Waals surface area contributed by atoms with E-state index in [0.717, 1.165) is 16.9 Å². The van der Waals surface area contributed by atoms with Crippen molar-refractivity contribution in [2.24, 2.45) is 0 Å². The average molecular weight is 416 g/mol. The normalized spacial score (nSPS) is 11.4. The minimum absolute atomic E-state index is 0.0327. The number of hydrogen-bond donors (Lipinski definition) is 1. The maximum Gasteiger partial charge on any atom is 0.416 e. The predicted octanol–water partition coefficient (Wildman–Crippen LogP) is 4.30. The molecule has 3 rings (SSSR count). The minimum Gasteiger partial charge on any atom is -0.323 e. The van der Waals surface area contributed by atoms with Gasteiger partial charge < -0.3 is 5.32 Å². The zero-order valence-electron chi connectivity index (χ0n) is 13.3. The SMILES string of the molecule is O=C(Cn1nnc(-c2cccc(C(F)(F)F)c2)n1)Nc1cccc(Cl)c1Cl. The topological polar surface area (TPSA) is 72.7 Å². The Bertz CT molecular complexity index is 990. The van der Waals surface area contributed by atoms with Gasteiger partial charge in [0.25, 0.3) is 0 Å². The molecule has 1 heterocycles. The number of benzene rings is 2. The molecule has 0 aliphatic heterocycles. The van der Waals surface area contributed by atoms with E-state index in [0.29, 0.717) is 5.69 Å². The zero-order chi connectivity index (χ0) is 19.6. The van der Waals surface area contributed by atoms with Crippen molar-refractivity contribution < 1.29 is 18.0 Å². The molecule has 0 bridgehead atoms. The van der Waals surface area contributed by atoms with Crippen molar-refractivity contribution in [3.63, 3.8) is 0 Å². The molecule has 0 radical (unpaired) electrons. The van der Waals surface area contributed by atoms with Crippen LogP contribution in [0.15, 0.2) is 42.5 Å². The number of hydrogen-bond acceptors (Lipinski definition) is 4. The Morgan fingerprint density at radius 3 is 2.63 bits per heavy atom. The molecule has 0 spiro atoms. The summed E-state index contributed by atoms with van der Waals surface area (Å²) in [6.45, 7) is -0.311. The lowest BCUT2D eigenvalue weighted by Gasteiger charge is -2.07. The fourth-order valence-corrected chi connectivity index (χ4v) is 2.53. The first-order valence-corrected chi connectivity index (χ1v) is 8.19. The summed E-state index contributed by atoms with van der Waals surface area (Å²) in [5, 5.41) is 14.3. The number of carbonyl (C=O) groups is 1. The molecule has 3 aromatic rings. The number of aromatic nitrogens is 4. The number of rotatable bonds is 4. The van der Waals surface area contributed by atoms with Gasteiger partial charge >= 0.3 is 6.18 Å². The van der Waals surface area contributed by atoms with Crippen LogP contribution in [0.2, 0.25) is 10.0 Å². The van der Waals surface area contributed by atoms with E-state index in [1.54, 1.807) is 18.2 Å². The first-order valence-electron chi connectivity index (χ1n) is 7.43. The fraction of sp³-hybridized carbons (Fsp3) is 0.125. The molecule has 1 aromatic heterocycles. The molecule has 6 nitrogen and oxygen atoms in total. The summed E-state index contributed by atoms with van der Waals surface area (Å²) in [7, 11) is 0. The van der Waals surface area contributed by atoms with E-state index < -0.39 is 17.6 Å². The lowest BCUT2D eigenvalue weighted by atomic mass is 10.1. The summed E-state index contributed by atoms with van der Waals surface area (Å²) in [5.41, 5.74) is -0.383. The first kappa shape index (κ1) is 19.1. The predicted molar refractivity (Wildman–Crippen MR) is 93.3 cm³/mol. The van der Waals surface area contributed by atoms with Crippen LogP contribution in [0.3, 0.4) is 0 Å². The summed E-state index contributed by atoms with van der Waals surface area (Å²) in [5.74, 6) is -0.540. The van der Waals surface area contributed by atoms with Crippen molar-refractivity contribution >= 4 is 34.8 Å². The summed E-state index contributed by atoms with van der Waals surface area (Å²) < 4.78 is 38.4. The van der Waals surface area contributed by atoms with Crippen molar-refractivity contribution in [1.82, 2.24) is 20.2 Å². The fourth-order valence-electron chi connectivity index (χ4n) is 2.18. The highest BCUT2D eigenvalue weighted by molar-refractivity contribution is 6.43. The molecule has 11 heteroatoms. The van der Waals surface area contributed by atoms with Crippen molar-refractivity contribution in [2.75, 3.05) is 5.32 Å². The van der Waals surface area contributed by atoms with Crippen LogP contribution in [0.1, 0.15) is 5.56 Å². The third-order valence-corrected chi connectivity index (χ3v) is 4.23. The highest BCUT2D eigenvalue weighted by atomic mass is 35.5. The van der Waals surface area contributed by atoms with Gasteiger partial charge in [-0.1, -0.05) is 41.4 Å². The molecule has 0 saturated carbocycles. The van der Waals surface area contributed by atoms with Crippen LogP contribution < -0.4 is 5.32 Å². The van der Waals surface area contributed by atoms with Gasteiger partial charge in [0.15, 0.2) is 0 Å². The molecular formula is C16H10Cl2F3N5O. The molecular weight excluding hydrogens is 406 g/mol. The van der Waals surface area contributed by atoms with Crippen LogP contribution in [0, 0.1) is 0 Å². The van der Waals surface area contributed by atoms with Crippen LogP contribution in [0.4, 0.5) is 18.9 Å². The summed E-state index contributed by atoms with van der Waals surface area (Å²) in [6.07, 6.45) is -4.48. The Kier molecular flexibility index (Phi) is 5.33. The summed E-state index contributed by atoms with van der Waals surface area (Å²) in [4.78, 5) is 13.0. The largest absolute Gasteiger partial charge is 0.416 e. The van der Waals surface area contributed by atoms with Crippen LogP contribution >= 0.6 is 23.2 Å². The van der Waals surface area contributed by atoms with Gasteiger partial charge in [0.2, 0.25) is 11.7 Å². The van der Waals surface area contributed by atoms with Crippen molar-refractivity contribution in [1.29, 1.82) is 0 Å². The summed E-state index contributed by atoms with van der Waals surface area (Å²) in [6, 6.07) is 9.26. The van der Waals surface area contributed by atoms with Gasteiger partial charge in [0.05, 0.1) is 21.3 Å². The van der Waals surface area contributed by atoms with Crippen LogP contribution in [0.5, 0.6) is 0 Å². The van der Waals surface area contributed by atoms with Gasteiger partial charge in [0, 0.05) is 5.56 Å². The third-order valence-electron chi connectivity index (χ3n) is 3.41. The maximum absolute atomic E-state index is 12.8. The molecule has 0 unspecified atom stereocenters. The van der Waals surface area contributed by atoms with Gasteiger partial charge in [-0.25, -0.2) is 0 Å². The summed E-state index contributed by atoms with van der Waals surface area (Å²) >= 11 is 11.9. The maximum atomic E-state index is 12.8. The molecule has 1 amide bonds. The van der Waals surface area contributed by atoms with Crippen LogP contribution in [0.25, 0.3) is 11.4 Å². The minimum atomic E-state index is -4.48. The molecule has 1 N–H and O–H groups in total. The van der Waals surface area contributed by atoms with E-state index in [2.05, 4.69) is 20.7 Å². The lowest BCUT2D eigenvalue weighted by molar-refractivity contribution is -0.137. The van der Waals surface area contributed by atoms with Crippen LogP contribution in [-0.4, -0.2) is 26.1 Å². The molecule has 140 valence electrons. The van der Waals surface area contributed by atoms with E-state index in [-0.39, 0.29) is 28.0 Å². The second kappa shape index (κ2) is 7.53. The second-order valence-corrected chi connectivity index (χ2v) is 6.16. The Hall–Kier alpha value is -2.65. The number of alkyl halides is 3. The van der Waals surface area contributed by atoms with E-state index in [1.165, 1.54) is 12.1 Å². The smallest absolute Gasteiger partial charge is 0.323 e. The highest BCUT2D eigenvalue weighted by Gasteiger charge is 2.30. The van der Waals surface area contributed by atoms with E-state index in [9.17, 15) is 18.0 Å². The lowest BCUT2D eigenvalue weighted by Crippen LogP contribution is -2.20. The molecule has 0 atom stereocenters. The number of amides is 1. The number of carbonyl (C=O) groups excluding carboxylic acids is 1. The number of anilines is 1. The van der Waals surface area contributed by atoms with E-state index >= 15 is 0 Å². The molecule has 0 aliphatic carbocycles. The van der Waals surface area contributed by atoms with Gasteiger partial charge in [-0.3, -0.25) is 4.79 Å². The standard InChI is InChI=1S/C16H10Cl2F3N5O/c17-11-5-2-6-12(14(11)18)22-13(27)8-26-24-15(23-25-26)9-3-1-4-10(7-9)16(19,20)21/h1-7H,8H2,(H,22,27). The monoisotopic (exact) mass is 415 g/mol. The Labute approximate surface area is 160 Å². The van der Waals surface area contributed by atoms with Gasteiger partial charge in [-0.05, 0) is 29.5 Å². The zero-order valence-corrected chi connectivity index (χ0v) is 14.8. The molecule has 27 heavy (non-hydrogen) atoms. The molecule has 0 fully saturated rings. The third kappa shape index (κ3) is 4.55. The van der Waals surface area contributed by atoms with E-state index in [4.69, 9.17) is 23.2 Å². The van der Waals surface area contributed by atoms with Gasteiger partial charge in [-0.15, -0.1) is 10.2 Å². The van der Waals surface area contributed by atoms with Crippen LogP contribution in [-0.2, 0) is 17.5 Å². The number of nitrogens with one attached hydrogen (secondary N) is 1.